The molecule has 0 aliphatic rings. The van der Waals surface area contributed by atoms with E-state index in [-0.39, 0.29) is 22.9 Å². The summed E-state index contributed by atoms with van der Waals surface area (Å²) < 4.78 is 4.83. The fourth-order valence-electron chi connectivity index (χ4n) is 2.40. The van der Waals surface area contributed by atoms with Crippen molar-refractivity contribution in [2.45, 2.75) is 39.5 Å². The zero-order valence-corrected chi connectivity index (χ0v) is 13.8. The van der Waals surface area contributed by atoms with Crippen molar-refractivity contribution in [1.82, 2.24) is 30.4 Å². The van der Waals surface area contributed by atoms with Gasteiger partial charge in [-0.05, 0) is 12.3 Å². The first-order valence-corrected chi connectivity index (χ1v) is 7.20. The van der Waals surface area contributed by atoms with Crippen molar-refractivity contribution in [3.05, 3.63) is 16.2 Å². The van der Waals surface area contributed by atoms with Crippen LogP contribution in [0.5, 0.6) is 11.6 Å². The summed E-state index contributed by atoms with van der Waals surface area (Å²) in [7, 11) is 1.29. The van der Waals surface area contributed by atoms with Crippen LogP contribution >= 0.6 is 0 Å². The molecule has 0 amide bonds. The summed E-state index contributed by atoms with van der Waals surface area (Å²) in [6.45, 7) is 8.28. The molecule has 2 aromatic heterocycles. The summed E-state index contributed by atoms with van der Waals surface area (Å²) >= 11 is 0. The number of hydrogen-bond acceptors (Lipinski definition) is 8. The number of hydrogen-bond donors (Lipinski definition) is 2. The Morgan fingerprint density at radius 3 is 2.35 bits per heavy atom. The molecule has 0 unspecified atom stereocenters. The van der Waals surface area contributed by atoms with Gasteiger partial charge in [0.15, 0.2) is 11.6 Å². The van der Waals surface area contributed by atoms with Gasteiger partial charge in [-0.15, -0.1) is 20.4 Å². The molecule has 2 heterocycles. The lowest BCUT2D eigenvalue weighted by Crippen LogP contribution is -2.24. The molecule has 9 heteroatoms. The van der Waals surface area contributed by atoms with Crippen molar-refractivity contribution in [3.8, 4) is 23.3 Å². The van der Waals surface area contributed by atoms with Crippen molar-refractivity contribution in [2.75, 3.05) is 7.11 Å². The fraction of sp³-hybridized carbons (Fsp3) is 0.571. The van der Waals surface area contributed by atoms with Gasteiger partial charge >= 0.3 is 0 Å². The maximum atomic E-state index is 11.6. The molecule has 23 heavy (non-hydrogen) atoms. The van der Waals surface area contributed by atoms with E-state index in [2.05, 4.69) is 44.2 Å². The maximum Gasteiger partial charge on any atom is 0.297 e. The Morgan fingerprint density at radius 2 is 1.83 bits per heavy atom. The van der Waals surface area contributed by atoms with Gasteiger partial charge in [0.25, 0.3) is 11.4 Å². The number of H-pyrrole nitrogens is 1. The van der Waals surface area contributed by atoms with E-state index in [0.29, 0.717) is 11.7 Å². The van der Waals surface area contributed by atoms with Gasteiger partial charge in [0, 0.05) is 5.41 Å². The SMILES string of the molecule is COc1nc(-c2nnc(C(C)(C)CC(C)C)nn2)[nH]c(=O)c1O. The van der Waals surface area contributed by atoms with Crippen LogP contribution in [0.25, 0.3) is 11.6 Å². The Labute approximate surface area is 133 Å². The third kappa shape index (κ3) is 3.61. The lowest BCUT2D eigenvalue weighted by Gasteiger charge is -2.23. The predicted octanol–water partition coefficient (Wildman–Crippen LogP) is 1.05. The van der Waals surface area contributed by atoms with Crippen molar-refractivity contribution >= 4 is 0 Å². The average molecular weight is 320 g/mol. The number of nitrogens with one attached hydrogen (secondary N) is 1. The number of aromatic hydroxyl groups is 1. The molecule has 0 aliphatic heterocycles. The molecule has 0 spiro atoms. The first-order chi connectivity index (χ1) is 10.7. The third-order valence-corrected chi connectivity index (χ3v) is 3.27. The van der Waals surface area contributed by atoms with Crippen molar-refractivity contribution in [2.24, 2.45) is 5.92 Å². The van der Waals surface area contributed by atoms with E-state index in [1.54, 1.807) is 0 Å². The number of ether oxygens (including phenoxy) is 1. The molecule has 0 saturated heterocycles. The lowest BCUT2D eigenvalue weighted by molar-refractivity contribution is 0.354. The lowest BCUT2D eigenvalue weighted by atomic mass is 9.83. The van der Waals surface area contributed by atoms with E-state index < -0.39 is 11.3 Å². The van der Waals surface area contributed by atoms with Crippen LogP contribution in [0.3, 0.4) is 0 Å². The highest BCUT2D eigenvalue weighted by Crippen LogP contribution is 2.27. The van der Waals surface area contributed by atoms with Crippen molar-refractivity contribution in [1.29, 1.82) is 0 Å². The maximum absolute atomic E-state index is 11.6. The third-order valence-electron chi connectivity index (χ3n) is 3.27. The summed E-state index contributed by atoms with van der Waals surface area (Å²) in [5.41, 5.74) is -1.01. The molecule has 0 saturated carbocycles. The van der Waals surface area contributed by atoms with Crippen molar-refractivity contribution in [3.63, 3.8) is 0 Å². The molecular weight excluding hydrogens is 300 g/mol. The highest BCUT2D eigenvalue weighted by molar-refractivity contribution is 5.45. The second kappa shape index (κ2) is 6.27. The van der Waals surface area contributed by atoms with Gasteiger partial charge in [-0.2, -0.15) is 4.98 Å². The first-order valence-electron chi connectivity index (χ1n) is 7.20. The number of rotatable bonds is 5. The smallest absolute Gasteiger partial charge is 0.297 e. The van der Waals surface area contributed by atoms with Crippen LogP contribution in [-0.4, -0.2) is 42.6 Å². The molecule has 2 N–H and O–H groups in total. The average Bonchev–Trinajstić information content (AvgIpc) is 2.48. The van der Waals surface area contributed by atoms with Crippen LogP contribution in [0.15, 0.2) is 4.79 Å². The van der Waals surface area contributed by atoms with Gasteiger partial charge in [0.2, 0.25) is 11.6 Å². The van der Waals surface area contributed by atoms with E-state index in [1.807, 2.05) is 13.8 Å². The molecule has 0 bridgehead atoms. The first kappa shape index (κ1) is 16.8. The second-order valence-corrected chi connectivity index (χ2v) is 6.30. The number of aromatic nitrogens is 6. The zero-order chi connectivity index (χ0) is 17.2. The summed E-state index contributed by atoms with van der Waals surface area (Å²) in [5, 5.41) is 25.6. The molecule has 2 rings (SSSR count). The highest BCUT2D eigenvalue weighted by atomic mass is 16.5. The van der Waals surface area contributed by atoms with E-state index in [4.69, 9.17) is 4.74 Å². The summed E-state index contributed by atoms with van der Waals surface area (Å²) in [5.74, 6) is 0.251. The van der Waals surface area contributed by atoms with Crippen LogP contribution in [0, 0.1) is 5.92 Å². The predicted molar refractivity (Wildman–Crippen MR) is 82.2 cm³/mol. The van der Waals surface area contributed by atoms with Crippen LogP contribution in [0.1, 0.15) is 39.9 Å². The van der Waals surface area contributed by atoms with Crippen LogP contribution in [0.2, 0.25) is 0 Å². The minimum absolute atomic E-state index is 0.0258. The molecule has 0 aromatic carbocycles. The quantitative estimate of drug-likeness (QED) is 0.837. The Morgan fingerprint density at radius 1 is 1.22 bits per heavy atom. The minimum Gasteiger partial charge on any atom is -0.499 e. The number of methoxy groups -OCH3 is 1. The molecule has 2 aromatic rings. The summed E-state index contributed by atoms with van der Waals surface area (Å²) in [6.07, 6.45) is 0.887. The van der Waals surface area contributed by atoms with E-state index >= 15 is 0 Å². The topological polar surface area (TPSA) is 127 Å². The van der Waals surface area contributed by atoms with E-state index in [1.165, 1.54) is 7.11 Å². The van der Waals surface area contributed by atoms with Gasteiger partial charge in [0.05, 0.1) is 7.11 Å². The molecular formula is C14H20N6O3. The molecule has 0 radical (unpaired) electrons. The molecule has 0 fully saturated rings. The van der Waals surface area contributed by atoms with Crippen LogP contribution < -0.4 is 10.3 Å². The molecule has 9 nitrogen and oxygen atoms in total. The Balaban J connectivity index is 2.37. The van der Waals surface area contributed by atoms with Gasteiger partial charge in [-0.1, -0.05) is 27.7 Å². The van der Waals surface area contributed by atoms with Gasteiger partial charge in [-0.3, -0.25) is 4.79 Å². The molecule has 0 aliphatic carbocycles. The largest absolute Gasteiger partial charge is 0.499 e. The van der Waals surface area contributed by atoms with Gasteiger partial charge in [-0.25, -0.2) is 0 Å². The normalized spacial score (nSPS) is 11.7. The summed E-state index contributed by atoms with van der Waals surface area (Å²) in [6, 6.07) is 0. The van der Waals surface area contributed by atoms with E-state index in [9.17, 15) is 9.90 Å². The Bertz CT molecular complexity index is 739. The molecule has 124 valence electrons. The minimum atomic E-state index is -0.750. The highest BCUT2D eigenvalue weighted by Gasteiger charge is 2.26. The van der Waals surface area contributed by atoms with Gasteiger partial charge < -0.3 is 14.8 Å². The van der Waals surface area contributed by atoms with Crippen molar-refractivity contribution < 1.29 is 9.84 Å². The van der Waals surface area contributed by atoms with Gasteiger partial charge in [0.1, 0.15) is 0 Å². The second-order valence-electron chi connectivity index (χ2n) is 6.30. The molecule has 0 atom stereocenters. The monoisotopic (exact) mass is 320 g/mol. The number of aromatic amines is 1. The van der Waals surface area contributed by atoms with Crippen LogP contribution in [-0.2, 0) is 5.41 Å². The number of nitrogens with zero attached hydrogens (tertiary/aromatic N) is 5. The Kier molecular flexibility index (Phi) is 4.57. The van der Waals surface area contributed by atoms with Crippen LogP contribution in [0.4, 0.5) is 0 Å². The van der Waals surface area contributed by atoms with E-state index in [0.717, 1.165) is 6.42 Å². The zero-order valence-electron chi connectivity index (χ0n) is 13.8. The fourth-order valence-corrected chi connectivity index (χ4v) is 2.40. The summed E-state index contributed by atoms with van der Waals surface area (Å²) in [4.78, 5) is 17.9. The standard InChI is InChI=1S/C14H20N6O3/c1-7(2)6-14(3,4)13-19-17-10(18-20-13)9-15-11(22)8(21)12(16-9)23-5/h7,21H,6H2,1-5H3,(H,15,16,22). The Hall–Kier alpha value is -2.58.